The van der Waals surface area contributed by atoms with Crippen LogP contribution in [0, 0.1) is 0 Å². The molecule has 6 heteroatoms. The van der Waals surface area contributed by atoms with Crippen molar-refractivity contribution in [2.45, 2.75) is 39.2 Å². The van der Waals surface area contributed by atoms with Crippen molar-refractivity contribution in [1.29, 1.82) is 0 Å². The Morgan fingerprint density at radius 2 is 1.71 bits per heavy atom. The van der Waals surface area contributed by atoms with E-state index in [4.69, 9.17) is 23.1 Å². The van der Waals surface area contributed by atoms with Gasteiger partial charge in [0, 0.05) is 11.6 Å². The molecule has 0 aliphatic heterocycles. The molecule has 0 spiro atoms. The van der Waals surface area contributed by atoms with Crippen LogP contribution in [0.4, 0.5) is 0 Å². The molecular weight excluding hydrogens is 286 g/mol. The van der Waals surface area contributed by atoms with E-state index < -0.39 is 0 Å². The number of rotatable bonds is 7. The number of benzene rings is 1. The molecule has 1 rings (SSSR count). The maximum absolute atomic E-state index is 5.82. The Morgan fingerprint density at radius 1 is 1.05 bits per heavy atom. The number of aliphatic imine (C=N–C) groups is 2. The quantitative estimate of drug-likeness (QED) is 0.411. The number of nitrogens with one attached hydrogen (secondary N) is 1. The third-order valence-corrected chi connectivity index (χ3v) is 3.15. The van der Waals surface area contributed by atoms with Gasteiger partial charge in [0.25, 0.3) is 0 Å². The maximum atomic E-state index is 5.82. The van der Waals surface area contributed by atoms with E-state index in [9.17, 15) is 0 Å². The lowest BCUT2D eigenvalue weighted by molar-refractivity contribution is 0.674. The van der Waals surface area contributed by atoms with E-state index in [0.29, 0.717) is 24.1 Å². The van der Waals surface area contributed by atoms with Crippen molar-refractivity contribution >= 4 is 23.5 Å². The smallest absolute Gasteiger partial charge is 0.195 e. The fraction of sp³-hybridized carbons (Fsp3) is 0.467. The predicted octanol–water partition coefficient (Wildman–Crippen LogP) is 2.64. The highest BCUT2D eigenvalue weighted by Gasteiger charge is 1.96. The van der Waals surface area contributed by atoms with E-state index in [-0.39, 0.29) is 5.96 Å². The Bertz CT molecular complexity index is 467. The molecule has 116 valence electrons. The molecule has 0 aliphatic rings. The number of halogens is 1. The van der Waals surface area contributed by atoms with Crippen LogP contribution in [0.2, 0.25) is 5.02 Å². The Labute approximate surface area is 131 Å². The third-order valence-electron chi connectivity index (χ3n) is 2.90. The lowest BCUT2D eigenvalue weighted by atomic mass is 10.2. The van der Waals surface area contributed by atoms with Crippen LogP contribution in [-0.4, -0.2) is 18.5 Å². The highest BCUT2D eigenvalue weighted by atomic mass is 35.5. The van der Waals surface area contributed by atoms with E-state index in [2.05, 4.69) is 22.2 Å². The molecule has 0 aliphatic carbocycles. The maximum Gasteiger partial charge on any atom is 0.195 e. The van der Waals surface area contributed by atoms with Gasteiger partial charge in [0.1, 0.15) is 0 Å². The molecule has 0 aromatic heterocycles. The normalized spacial score (nSPS) is 12.5. The number of nitrogens with zero attached hydrogens (tertiary/aromatic N) is 2. The number of nitrogens with two attached hydrogens (primary N) is 2. The minimum absolute atomic E-state index is 0.264. The van der Waals surface area contributed by atoms with E-state index >= 15 is 0 Å². The molecule has 0 bridgehead atoms. The molecule has 0 saturated carbocycles. The van der Waals surface area contributed by atoms with Crippen LogP contribution in [0.5, 0.6) is 0 Å². The van der Waals surface area contributed by atoms with Gasteiger partial charge in [-0.15, -0.1) is 0 Å². The summed E-state index contributed by atoms with van der Waals surface area (Å²) in [5, 5.41) is 3.48. The minimum atomic E-state index is 0.264. The largest absolute Gasteiger partial charge is 0.370 e. The van der Waals surface area contributed by atoms with Gasteiger partial charge in [0.15, 0.2) is 11.9 Å². The number of hydrogen-bond acceptors (Lipinski definition) is 2. The summed E-state index contributed by atoms with van der Waals surface area (Å²) < 4.78 is 0. The van der Waals surface area contributed by atoms with Gasteiger partial charge in [-0.05, 0) is 24.1 Å². The lowest BCUT2D eigenvalue weighted by Crippen LogP contribution is -2.41. The highest BCUT2D eigenvalue weighted by molar-refractivity contribution is 6.30. The average Bonchev–Trinajstić information content (AvgIpc) is 2.46. The lowest BCUT2D eigenvalue weighted by Gasteiger charge is -2.05. The topological polar surface area (TPSA) is 88.8 Å². The van der Waals surface area contributed by atoms with E-state index in [0.717, 1.165) is 12.0 Å². The summed E-state index contributed by atoms with van der Waals surface area (Å²) in [6.07, 6.45) is 4.65. The average molecular weight is 310 g/mol. The Morgan fingerprint density at radius 3 is 2.38 bits per heavy atom. The second-order valence-electron chi connectivity index (χ2n) is 4.78. The minimum Gasteiger partial charge on any atom is -0.370 e. The van der Waals surface area contributed by atoms with Gasteiger partial charge in [0.2, 0.25) is 0 Å². The van der Waals surface area contributed by atoms with Crippen molar-refractivity contribution in [3.05, 3.63) is 34.9 Å². The molecule has 0 amide bonds. The second-order valence-corrected chi connectivity index (χ2v) is 5.22. The number of guanidine groups is 2. The fourth-order valence-corrected chi connectivity index (χ4v) is 1.84. The molecule has 0 saturated heterocycles. The summed E-state index contributed by atoms with van der Waals surface area (Å²) in [5.41, 5.74) is 12.5. The summed E-state index contributed by atoms with van der Waals surface area (Å²) in [7, 11) is 0. The van der Waals surface area contributed by atoms with Gasteiger partial charge in [0.05, 0.1) is 6.54 Å². The van der Waals surface area contributed by atoms with Gasteiger partial charge in [-0.1, -0.05) is 49.9 Å². The first-order valence-corrected chi connectivity index (χ1v) is 7.61. The fourth-order valence-electron chi connectivity index (χ4n) is 1.71. The first-order valence-electron chi connectivity index (χ1n) is 7.23. The summed E-state index contributed by atoms with van der Waals surface area (Å²) in [4.78, 5) is 8.41. The van der Waals surface area contributed by atoms with Crippen LogP contribution in [0.15, 0.2) is 34.3 Å². The SMILES string of the molecule is CCCCCCN=C(N)NC(N)=NCc1ccc(Cl)cc1. The third kappa shape index (κ3) is 8.19. The zero-order chi connectivity index (χ0) is 15.5. The van der Waals surface area contributed by atoms with Gasteiger partial charge in [-0.25, -0.2) is 4.99 Å². The Hall–Kier alpha value is -1.75. The van der Waals surface area contributed by atoms with Crippen LogP contribution >= 0.6 is 11.6 Å². The summed E-state index contributed by atoms with van der Waals surface area (Å²) >= 11 is 5.82. The van der Waals surface area contributed by atoms with Crippen LogP contribution in [0.25, 0.3) is 0 Å². The predicted molar refractivity (Wildman–Crippen MR) is 90.5 cm³/mol. The molecule has 0 fully saturated rings. The number of hydrogen-bond donors (Lipinski definition) is 3. The van der Waals surface area contributed by atoms with Gasteiger partial charge < -0.3 is 11.5 Å². The Balaban J connectivity index is 2.33. The van der Waals surface area contributed by atoms with Crippen LogP contribution in [0.3, 0.4) is 0 Å². The van der Waals surface area contributed by atoms with Crippen molar-refractivity contribution in [3.63, 3.8) is 0 Å². The van der Waals surface area contributed by atoms with Crippen LogP contribution in [-0.2, 0) is 6.54 Å². The first-order chi connectivity index (χ1) is 10.1. The monoisotopic (exact) mass is 309 g/mol. The van der Waals surface area contributed by atoms with Crippen molar-refractivity contribution in [2.75, 3.05) is 6.54 Å². The van der Waals surface area contributed by atoms with Crippen molar-refractivity contribution in [1.82, 2.24) is 5.32 Å². The molecule has 5 N–H and O–H groups in total. The molecular formula is C15H24ClN5. The molecule has 1 aromatic rings. The van der Waals surface area contributed by atoms with Crippen molar-refractivity contribution in [2.24, 2.45) is 21.5 Å². The first kappa shape index (κ1) is 17.3. The second kappa shape index (κ2) is 10.0. The van der Waals surface area contributed by atoms with Gasteiger partial charge in [-0.3, -0.25) is 10.3 Å². The van der Waals surface area contributed by atoms with Crippen molar-refractivity contribution < 1.29 is 0 Å². The molecule has 0 unspecified atom stereocenters. The zero-order valence-corrected chi connectivity index (χ0v) is 13.2. The van der Waals surface area contributed by atoms with Gasteiger partial charge >= 0.3 is 0 Å². The molecule has 0 heterocycles. The van der Waals surface area contributed by atoms with Crippen LogP contribution < -0.4 is 16.8 Å². The van der Waals surface area contributed by atoms with Gasteiger partial charge in [-0.2, -0.15) is 0 Å². The number of unbranched alkanes of at least 4 members (excludes halogenated alkanes) is 3. The highest BCUT2D eigenvalue weighted by Crippen LogP contribution is 2.09. The summed E-state index contributed by atoms with van der Waals surface area (Å²) in [6, 6.07) is 7.46. The van der Waals surface area contributed by atoms with E-state index in [1.54, 1.807) is 0 Å². The molecule has 0 radical (unpaired) electrons. The standard InChI is InChI=1S/C15H24ClN5/c1-2-3-4-5-10-19-14(17)21-15(18)20-11-12-6-8-13(16)9-7-12/h6-9H,2-5,10-11H2,1H3,(H5,17,18,19,20,21). The molecule has 21 heavy (non-hydrogen) atoms. The molecule has 0 atom stereocenters. The molecule has 5 nitrogen and oxygen atoms in total. The van der Waals surface area contributed by atoms with E-state index in [1.807, 2.05) is 24.3 Å². The van der Waals surface area contributed by atoms with E-state index in [1.165, 1.54) is 19.3 Å². The van der Waals surface area contributed by atoms with Crippen molar-refractivity contribution in [3.8, 4) is 0 Å². The summed E-state index contributed by atoms with van der Waals surface area (Å²) in [5.74, 6) is 0.573. The Kier molecular flexibility index (Phi) is 8.28. The zero-order valence-electron chi connectivity index (χ0n) is 12.5. The summed E-state index contributed by atoms with van der Waals surface area (Å²) in [6.45, 7) is 3.36. The molecule has 1 aromatic carbocycles. The van der Waals surface area contributed by atoms with Crippen LogP contribution in [0.1, 0.15) is 38.2 Å².